The lowest BCUT2D eigenvalue weighted by Gasteiger charge is -2.36. The van der Waals surface area contributed by atoms with Crippen molar-refractivity contribution in [2.75, 3.05) is 31.5 Å². The maximum Gasteiger partial charge on any atom is 0.241 e. The van der Waals surface area contributed by atoms with E-state index in [1.54, 1.807) is 0 Å². The third-order valence-electron chi connectivity index (χ3n) is 6.06. The number of carbonyl (C=O) groups excluding carboxylic acids is 1. The van der Waals surface area contributed by atoms with Crippen LogP contribution in [0.3, 0.4) is 0 Å². The van der Waals surface area contributed by atoms with Crippen molar-refractivity contribution in [3.05, 3.63) is 90.5 Å². The highest BCUT2D eigenvalue weighted by Crippen LogP contribution is 2.28. The zero-order chi connectivity index (χ0) is 23.3. The number of hydrogen-bond donors (Lipinski definition) is 1. The van der Waals surface area contributed by atoms with Crippen LogP contribution < -0.4 is 5.32 Å². The first kappa shape index (κ1) is 23.2. The van der Waals surface area contributed by atoms with Gasteiger partial charge >= 0.3 is 0 Å². The topological polar surface area (TPSA) is 69.7 Å². The van der Waals surface area contributed by atoms with E-state index >= 15 is 0 Å². The predicted octanol–water partition coefficient (Wildman–Crippen LogP) is 3.83. The molecule has 1 aliphatic heterocycles. The summed E-state index contributed by atoms with van der Waals surface area (Å²) >= 11 is 0. The molecule has 1 N–H and O–H groups in total. The molecule has 0 aliphatic carbocycles. The third kappa shape index (κ3) is 5.68. The zero-order valence-corrected chi connectivity index (χ0v) is 19.5. The smallest absolute Gasteiger partial charge is 0.241 e. The molecular formula is C26H29N3O3S. The van der Waals surface area contributed by atoms with Crippen LogP contribution in [0.1, 0.15) is 12.5 Å². The maximum atomic E-state index is 13.0. The summed E-state index contributed by atoms with van der Waals surface area (Å²) in [4.78, 5) is 15.1. The molecule has 33 heavy (non-hydrogen) atoms. The number of nitrogens with one attached hydrogen (secondary N) is 1. The molecule has 1 unspecified atom stereocenters. The van der Waals surface area contributed by atoms with Gasteiger partial charge in [0.15, 0.2) is 0 Å². The van der Waals surface area contributed by atoms with Crippen molar-refractivity contribution < 1.29 is 13.2 Å². The molecule has 1 saturated heterocycles. The molecule has 1 aliphatic rings. The van der Waals surface area contributed by atoms with Crippen LogP contribution >= 0.6 is 0 Å². The number of benzene rings is 3. The molecule has 172 valence electrons. The summed E-state index contributed by atoms with van der Waals surface area (Å²) in [6.07, 6.45) is 0. The van der Waals surface area contributed by atoms with E-state index in [-0.39, 0.29) is 17.7 Å². The van der Waals surface area contributed by atoms with E-state index in [0.717, 1.165) is 22.4 Å². The fourth-order valence-electron chi connectivity index (χ4n) is 4.11. The average Bonchev–Trinajstić information content (AvgIpc) is 2.85. The van der Waals surface area contributed by atoms with E-state index in [0.29, 0.717) is 26.2 Å². The minimum atomic E-state index is -3.38. The molecule has 0 saturated carbocycles. The highest BCUT2D eigenvalue weighted by atomic mass is 32.2. The average molecular weight is 464 g/mol. The van der Waals surface area contributed by atoms with Crippen molar-refractivity contribution in [3.8, 4) is 11.1 Å². The van der Waals surface area contributed by atoms with Crippen LogP contribution in [-0.2, 0) is 20.6 Å². The lowest BCUT2D eigenvalue weighted by molar-refractivity contribution is -0.121. The Morgan fingerprint density at radius 1 is 0.848 bits per heavy atom. The predicted molar refractivity (Wildman–Crippen MR) is 132 cm³/mol. The summed E-state index contributed by atoms with van der Waals surface area (Å²) < 4.78 is 27.1. The quantitative estimate of drug-likeness (QED) is 0.578. The van der Waals surface area contributed by atoms with Gasteiger partial charge in [0, 0.05) is 37.4 Å². The monoisotopic (exact) mass is 463 g/mol. The molecule has 3 aromatic rings. The van der Waals surface area contributed by atoms with Crippen molar-refractivity contribution in [2.24, 2.45) is 0 Å². The van der Waals surface area contributed by atoms with Crippen molar-refractivity contribution >= 4 is 21.6 Å². The number of rotatable bonds is 7. The van der Waals surface area contributed by atoms with Crippen LogP contribution in [0, 0.1) is 0 Å². The van der Waals surface area contributed by atoms with Gasteiger partial charge in [0.25, 0.3) is 0 Å². The van der Waals surface area contributed by atoms with E-state index in [9.17, 15) is 13.2 Å². The normalized spacial score (nSPS) is 16.3. The Kier molecular flexibility index (Phi) is 7.23. The van der Waals surface area contributed by atoms with E-state index in [2.05, 4.69) is 5.32 Å². The fraction of sp³-hybridized carbons (Fsp3) is 0.269. The highest BCUT2D eigenvalue weighted by molar-refractivity contribution is 7.88. The second-order valence-electron chi connectivity index (χ2n) is 8.25. The molecular weight excluding hydrogens is 434 g/mol. The van der Waals surface area contributed by atoms with Crippen LogP contribution in [0.2, 0.25) is 0 Å². The number of hydrogen-bond acceptors (Lipinski definition) is 4. The first-order chi connectivity index (χ1) is 15.9. The van der Waals surface area contributed by atoms with Gasteiger partial charge in [-0.1, -0.05) is 78.9 Å². The van der Waals surface area contributed by atoms with Crippen molar-refractivity contribution in [3.63, 3.8) is 0 Å². The number of piperazine rings is 1. The van der Waals surface area contributed by atoms with Gasteiger partial charge in [-0.15, -0.1) is 0 Å². The summed E-state index contributed by atoms with van der Waals surface area (Å²) in [5, 5.41) is 3.07. The standard InChI is InChI=1S/C26H29N3O3S/c1-21(26(30)27-25-15-9-8-14-24(25)23-12-6-3-7-13-23)28-16-18-29(19-17-28)33(31,32)20-22-10-4-2-5-11-22/h2-15,21H,16-20H2,1H3,(H,27,30). The summed E-state index contributed by atoms with van der Waals surface area (Å²) in [5.41, 5.74) is 3.56. The Bertz CT molecular complexity index is 1180. The van der Waals surface area contributed by atoms with Crippen LogP contribution in [-0.4, -0.2) is 55.8 Å². The number of anilines is 1. The summed E-state index contributed by atoms with van der Waals surface area (Å²) in [5.74, 6) is -0.0980. The summed E-state index contributed by atoms with van der Waals surface area (Å²) in [6, 6.07) is 26.6. The Morgan fingerprint density at radius 2 is 1.42 bits per heavy atom. The van der Waals surface area contributed by atoms with Crippen LogP contribution in [0.5, 0.6) is 0 Å². The van der Waals surface area contributed by atoms with E-state index < -0.39 is 10.0 Å². The van der Waals surface area contributed by atoms with Gasteiger partial charge in [-0.2, -0.15) is 4.31 Å². The molecule has 4 rings (SSSR count). The number of nitrogens with zero attached hydrogens (tertiary/aromatic N) is 2. The SMILES string of the molecule is CC(C(=O)Nc1ccccc1-c1ccccc1)N1CCN(S(=O)(=O)Cc2ccccc2)CC1. The van der Waals surface area contributed by atoms with Crippen LogP contribution in [0.25, 0.3) is 11.1 Å². The fourth-order valence-corrected chi connectivity index (χ4v) is 5.63. The first-order valence-electron chi connectivity index (χ1n) is 11.2. The van der Waals surface area contributed by atoms with E-state index in [1.807, 2.05) is 96.8 Å². The maximum absolute atomic E-state index is 13.0. The largest absolute Gasteiger partial charge is 0.324 e. The molecule has 0 aromatic heterocycles. The molecule has 3 aromatic carbocycles. The molecule has 1 amide bonds. The molecule has 6 nitrogen and oxygen atoms in total. The van der Waals surface area contributed by atoms with Gasteiger partial charge in [0.05, 0.1) is 11.8 Å². The number of para-hydroxylation sites is 1. The van der Waals surface area contributed by atoms with Crippen molar-refractivity contribution in [1.29, 1.82) is 0 Å². The van der Waals surface area contributed by atoms with Crippen LogP contribution in [0.4, 0.5) is 5.69 Å². The van der Waals surface area contributed by atoms with Gasteiger partial charge in [-0.25, -0.2) is 8.42 Å². The van der Waals surface area contributed by atoms with Gasteiger partial charge in [0.1, 0.15) is 0 Å². The molecule has 0 bridgehead atoms. The zero-order valence-electron chi connectivity index (χ0n) is 18.7. The highest BCUT2D eigenvalue weighted by Gasteiger charge is 2.31. The van der Waals surface area contributed by atoms with E-state index in [1.165, 1.54) is 4.31 Å². The van der Waals surface area contributed by atoms with Gasteiger partial charge in [-0.3, -0.25) is 9.69 Å². The Hall–Kier alpha value is -3.00. The minimum Gasteiger partial charge on any atom is -0.324 e. The first-order valence-corrected chi connectivity index (χ1v) is 12.8. The second-order valence-corrected chi connectivity index (χ2v) is 10.2. The molecule has 0 radical (unpaired) electrons. The Balaban J connectivity index is 1.37. The molecule has 1 fully saturated rings. The number of amides is 1. The minimum absolute atomic E-state index is 0.000149. The second kappa shape index (κ2) is 10.3. The number of sulfonamides is 1. The molecule has 7 heteroatoms. The van der Waals surface area contributed by atoms with Gasteiger partial charge < -0.3 is 5.32 Å². The van der Waals surface area contributed by atoms with Gasteiger partial charge in [0.2, 0.25) is 15.9 Å². The lowest BCUT2D eigenvalue weighted by atomic mass is 10.0. The van der Waals surface area contributed by atoms with Crippen LogP contribution in [0.15, 0.2) is 84.9 Å². The number of carbonyl (C=O) groups is 1. The van der Waals surface area contributed by atoms with Gasteiger partial charge in [-0.05, 0) is 24.1 Å². The Labute approximate surface area is 195 Å². The Morgan fingerprint density at radius 3 is 2.09 bits per heavy atom. The van der Waals surface area contributed by atoms with Crippen molar-refractivity contribution in [2.45, 2.75) is 18.7 Å². The molecule has 0 spiro atoms. The van der Waals surface area contributed by atoms with E-state index in [4.69, 9.17) is 0 Å². The molecule has 1 heterocycles. The van der Waals surface area contributed by atoms with Crippen molar-refractivity contribution in [1.82, 2.24) is 9.21 Å². The summed E-state index contributed by atoms with van der Waals surface area (Å²) in [7, 11) is -3.38. The molecule has 1 atom stereocenters. The lowest BCUT2D eigenvalue weighted by Crippen LogP contribution is -2.54. The third-order valence-corrected chi connectivity index (χ3v) is 7.91. The summed E-state index contributed by atoms with van der Waals surface area (Å²) in [6.45, 7) is 3.67.